The Morgan fingerprint density at radius 3 is 2.48 bits per heavy atom. The number of rotatable bonds is 2. The van der Waals surface area contributed by atoms with Crippen molar-refractivity contribution in [2.75, 3.05) is 5.32 Å². The van der Waals surface area contributed by atoms with E-state index in [-0.39, 0.29) is 37.5 Å². The van der Waals surface area contributed by atoms with Gasteiger partial charge in [0.15, 0.2) is 0 Å². The summed E-state index contributed by atoms with van der Waals surface area (Å²) in [6.07, 6.45) is -1.99. The summed E-state index contributed by atoms with van der Waals surface area (Å²) in [5.41, 5.74) is 0.807. The summed E-state index contributed by atoms with van der Waals surface area (Å²) in [6.45, 7) is 1.81. The van der Waals surface area contributed by atoms with Crippen LogP contribution in [-0.2, 0) is 4.79 Å². The Bertz CT molecular complexity index is 525. The summed E-state index contributed by atoms with van der Waals surface area (Å²) in [6, 6.07) is 1.82. The fraction of sp³-hybridized carbons (Fsp3) is 0.571. The maximum atomic E-state index is 12.6. The van der Waals surface area contributed by atoms with Gasteiger partial charge in [-0.25, -0.2) is 4.98 Å². The van der Waals surface area contributed by atoms with Gasteiger partial charge in [0.25, 0.3) is 0 Å². The van der Waals surface area contributed by atoms with Gasteiger partial charge in [0.05, 0.1) is 5.92 Å². The summed E-state index contributed by atoms with van der Waals surface area (Å²) in [7, 11) is 0. The number of hydrogen-bond donors (Lipinski definition) is 1. The Balaban J connectivity index is 1.93. The third-order valence-corrected chi connectivity index (χ3v) is 4.28. The third kappa shape index (κ3) is 4.18. The summed E-state index contributed by atoms with van der Waals surface area (Å²) < 4.78 is 38.6. The van der Waals surface area contributed by atoms with Crippen LogP contribution >= 0.6 is 15.9 Å². The van der Waals surface area contributed by atoms with Crippen LogP contribution in [-0.4, -0.2) is 17.1 Å². The van der Waals surface area contributed by atoms with E-state index >= 15 is 0 Å². The van der Waals surface area contributed by atoms with Gasteiger partial charge in [-0.3, -0.25) is 4.79 Å². The van der Waals surface area contributed by atoms with E-state index in [1.54, 1.807) is 6.20 Å². The summed E-state index contributed by atoms with van der Waals surface area (Å²) >= 11 is 3.28. The zero-order valence-corrected chi connectivity index (χ0v) is 13.1. The first-order chi connectivity index (χ1) is 9.77. The van der Waals surface area contributed by atoms with Gasteiger partial charge in [0, 0.05) is 16.6 Å². The smallest absolute Gasteiger partial charge is 0.310 e. The lowest BCUT2D eigenvalue weighted by molar-refractivity contribution is -0.184. The molecule has 0 unspecified atom stereocenters. The summed E-state index contributed by atoms with van der Waals surface area (Å²) in [5.74, 6) is -1.42. The molecule has 116 valence electrons. The van der Waals surface area contributed by atoms with Crippen molar-refractivity contribution in [2.24, 2.45) is 11.8 Å². The molecule has 0 saturated heterocycles. The van der Waals surface area contributed by atoms with Crippen molar-refractivity contribution in [2.45, 2.75) is 38.8 Å². The molecule has 1 aromatic rings. The molecule has 1 N–H and O–H groups in total. The highest BCUT2D eigenvalue weighted by Crippen LogP contribution is 2.39. The average molecular weight is 365 g/mol. The molecule has 0 spiro atoms. The van der Waals surface area contributed by atoms with Gasteiger partial charge in [-0.05, 0) is 60.2 Å². The van der Waals surface area contributed by atoms with Crippen LogP contribution in [0.1, 0.15) is 31.2 Å². The molecular weight excluding hydrogens is 349 g/mol. The van der Waals surface area contributed by atoms with E-state index in [9.17, 15) is 18.0 Å². The molecule has 2 rings (SSSR count). The van der Waals surface area contributed by atoms with Crippen LogP contribution in [0.4, 0.5) is 19.0 Å². The molecule has 0 aliphatic heterocycles. The fourth-order valence-corrected chi connectivity index (χ4v) is 3.02. The Morgan fingerprint density at radius 1 is 1.33 bits per heavy atom. The first-order valence-electron chi connectivity index (χ1n) is 6.77. The summed E-state index contributed by atoms with van der Waals surface area (Å²) in [5, 5.41) is 2.71. The molecule has 3 nitrogen and oxygen atoms in total. The van der Waals surface area contributed by atoms with E-state index in [1.165, 1.54) is 0 Å². The second-order valence-corrected chi connectivity index (χ2v) is 6.31. The number of carbonyl (C=O) groups is 1. The summed E-state index contributed by atoms with van der Waals surface area (Å²) in [4.78, 5) is 16.2. The number of anilines is 1. The van der Waals surface area contributed by atoms with Crippen LogP contribution in [0.3, 0.4) is 0 Å². The first kappa shape index (κ1) is 16.3. The van der Waals surface area contributed by atoms with E-state index in [1.807, 2.05) is 13.0 Å². The molecule has 0 aromatic carbocycles. The molecule has 1 amide bonds. The quantitative estimate of drug-likeness (QED) is 0.841. The van der Waals surface area contributed by atoms with Gasteiger partial charge < -0.3 is 5.32 Å². The van der Waals surface area contributed by atoms with Crippen LogP contribution in [0.15, 0.2) is 16.7 Å². The maximum absolute atomic E-state index is 12.6. The number of amides is 1. The van der Waals surface area contributed by atoms with Crippen molar-refractivity contribution in [1.82, 2.24) is 4.98 Å². The number of carbonyl (C=O) groups excluding carboxylic acids is 1. The Hall–Kier alpha value is -1.11. The lowest BCUT2D eigenvalue weighted by Gasteiger charge is -2.29. The minimum absolute atomic E-state index is 0.0222. The van der Waals surface area contributed by atoms with Crippen molar-refractivity contribution in [1.29, 1.82) is 0 Å². The van der Waals surface area contributed by atoms with Gasteiger partial charge in [0.1, 0.15) is 5.82 Å². The minimum atomic E-state index is -4.15. The van der Waals surface area contributed by atoms with E-state index < -0.39 is 12.1 Å². The molecule has 21 heavy (non-hydrogen) atoms. The number of hydrogen-bond acceptors (Lipinski definition) is 2. The lowest BCUT2D eigenvalue weighted by Crippen LogP contribution is -2.32. The highest BCUT2D eigenvalue weighted by molar-refractivity contribution is 9.10. The van der Waals surface area contributed by atoms with Crippen LogP contribution in [0.25, 0.3) is 0 Å². The van der Waals surface area contributed by atoms with Gasteiger partial charge in [-0.2, -0.15) is 13.2 Å². The van der Waals surface area contributed by atoms with Crippen molar-refractivity contribution >= 4 is 27.7 Å². The largest absolute Gasteiger partial charge is 0.391 e. The fourth-order valence-electron chi connectivity index (χ4n) is 2.57. The van der Waals surface area contributed by atoms with E-state index in [4.69, 9.17) is 0 Å². The number of aromatic nitrogens is 1. The molecule has 0 atom stereocenters. The first-order valence-corrected chi connectivity index (χ1v) is 7.56. The van der Waals surface area contributed by atoms with Crippen molar-refractivity contribution in [3.05, 3.63) is 22.3 Å². The van der Waals surface area contributed by atoms with Crippen molar-refractivity contribution in [3.63, 3.8) is 0 Å². The average Bonchev–Trinajstić information content (AvgIpc) is 2.41. The van der Waals surface area contributed by atoms with E-state index in [0.29, 0.717) is 5.82 Å². The van der Waals surface area contributed by atoms with Gasteiger partial charge in [-0.1, -0.05) is 0 Å². The monoisotopic (exact) mass is 364 g/mol. The van der Waals surface area contributed by atoms with Gasteiger partial charge in [-0.15, -0.1) is 0 Å². The SMILES string of the molecule is Cc1cc(Br)cnc1NC(=O)C1CCC(C(F)(F)F)CC1. The topological polar surface area (TPSA) is 42.0 Å². The molecule has 1 aliphatic carbocycles. The maximum Gasteiger partial charge on any atom is 0.391 e. The van der Waals surface area contributed by atoms with Crippen LogP contribution < -0.4 is 5.32 Å². The number of aryl methyl sites for hydroxylation is 1. The molecule has 1 aliphatic rings. The van der Waals surface area contributed by atoms with Crippen molar-refractivity contribution < 1.29 is 18.0 Å². The number of halogens is 4. The number of nitrogens with one attached hydrogen (secondary N) is 1. The predicted molar refractivity (Wildman–Crippen MR) is 76.8 cm³/mol. The molecule has 0 bridgehead atoms. The molecule has 1 saturated carbocycles. The molecule has 0 radical (unpaired) electrons. The van der Waals surface area contributed by atoms with Crippen LogP contribution in [0, 0.1) is 18.8 Å². The Labute approximate surface area is 129 Å². The minimum Gasteiger partial charge on any atom is -0.310 e. The van der Waals surface area contributed by atoms with Crippen LogP contribution in [0.2, 0.25) is 0 Å². The third-order valence-electron chi connectivity index (χ3n) is 3.85. The molecule has 1 fully saturated rings. The normalized spacial score (nSPS) is 22.9. The van der Waals surface area contributed by atoms with E-state index in [2.05, 4.69) is 26.2 Å². The molecular formula is C14H16BrF3N2O. The number of pyridine rings is 1. The highest BCUT2D eigenvalue weighted by Gasteiger charge is 2.42. The van der Waals surface area contributed by atoms with E-state index in [0.717, 1.165) is 10.0 Å². The zero-order valence-electron chi connectivity index (χ0n) is 11.5. The molecule has 7 heteroatoms. The second kappa shape index (κ2) is 6.34. The van der Waals surface area contributed by atoms with Crippen molar-refractivity contribution in [3.8, 4) is 0 Å². The standard InChI is InChI=1S/C14H16BrF3N2O/c1-8-6-11(15)7-19-12(8)20-13(21)9-2-4-10(5-3-9)14(16,17)18/h6-7,9-10H,2-5H2,1H3,(H,19,20,21). The van der Waals surface area contributed by atoms with Crippen LogP contribution in [0.5, 0.6) is 0 Å². The number of alkyl halides is 3. The number of nitrogens with zero attached hydrogens (tertiary/aromatic N) is 1. The van der Waals surface area contributed by atoms with Gasteiger partial charge in [0.2, 0.25) is 5.91 Å². The van der Waals surface area contributed by atoms with Gasteiger partial charge >= 0.3 is 6.18 Å². The molecule has 1 heterocycles. The Morgan fingerprint density at radius 2 is 1.95 bits per heavy atom. The predicted octanol–water partition coefficient (Wildman–Crippen LogP) is 4.46. The Kier molecular flexibility index (Phi) is 4.91. The second-order valence-electron chi connectivity index (χ2n) is 5.40. The highest BCUT2D eigenvalue weighted by atomic mass is 79.9. The molecule has 1 aromatic heterocycles. The zero-order chi connectivity index (χ0) is 15.6. The lowest BCUT2D eigenvalue weighted by atomic mass is 9.81.